The van der Waals surface area contributed by atoms with Crippen molar-refractivity contribution in [1.29, 1.82) is 0 Å². The van der Waals surface area contributed by atoms with Gasteiger partial charge in [0, 0.05) is 25.3 Å². The van der Waals surface area contributed by atoms with Gasteiger partial charge in [-0.2, -0.15) is 5.10 Å². The molecule has 0 aliphatic heterocycles. The van der Waals surface area contributed by atoms with E-state index in [1.807, 2.05) is 0 Å². The summed E-state index contributed by atoms with van der Waals surface area (Å²) in [6.07, 6.45) is 1.08. The Labute approximate surface area is 170 Å². The highest BCUT2D eigenvalue weighted by Crippen LogP contribution is 2.43. The third-order valence-corrected chi connectivity index (χ3v) is 5.13. The van der Waals surface area contributed by atoms with Crippen LogP contribution in [0.1, 0.15) is 56.6 Å². The highest BCUT2D eigenvalue weighted by atomic mass is 19.3. The minimum Gasteiger partial charge on any atom is -0.378 e. The normalized spacial score (nSPS) is 17.5. The second-order valence-corrected chi connectivity index (χ2v) is 7.04. The molecule has 1 aliphatic carbocycles. The first-order chi connectivity index (χ1) is 14.3. The number of carbonyl (C=O) groups is 2. The van der Waals surface area contributed by atoms with Crippen molar-refractivity contribution < 1.29 is 23.1 Å². The number of nitrogens with zero attached hydrogens (tertiary/aromatic N) is 3. The Kier molecular flexibility index (Phi) is 4.94. The largest absolute Gasteiger partial charge is 0.378 e. The maximum atomic E-state index is 14.2. The summed E-state index contributed by atoms with van der Waals surface area (Å²) < 4.78 is 34.7. The van der Waals surface area contributed by atoms with Crippen LogP contribution in [0, 0.1) is 0 Å². The number of amides is 2. The third-order valence-electron chi connectivity index (χ3n) is 5.13. The Morgan fingerprint density at radius 2 is 2.10 bits per heavy atom. The molecule has 8 nitrogen and oxygen atoms in total. The number of carbonyl (C=O) groups excluding carboxylic acids is 2. The number of fused-ring (bicyclic) bond motifs is 2. The lowest BCUT2D eigenvalue weighted by molar-refractivity contribution is -0.0265. The zero-order valence-corrected chi connectivity index (χ0v) is 16.1. The van der Waals surface area contributed by atoms with E-state index in [2.05, 4.69) is 15.4 Å². The molecule has 1 aromatic carbocycles. The van der Waals surface area contributed by atoms with Crippen LogP contribution in [0.4, 0.5) is 8.78 Å². The number of benzene rings is 1. The molecule has 2 heterocycles. The van der Waals surface area contributed by atoms with Crippen molar-refractivity contribution >= 4 is 17.5 Å². The molecule has 0 bridgehead atoms. The minimum absolute atomic E-state index is 0.00771. The summed E-state index contributed by atoms with van der Waals surface area (Å²) in [6, 6.07) is 7.03. The summed E-state index contributed by atoms with van der Waals surface area (Å²) in [4.78, 5) is 29.0. The Bertz CT molecular complexity index is 1140. The SMILES string of the molecule is COCc1nn2c(C(=O)N[C@@H]3CCC(F)(F)c4ccccc43)ccnc2c1C(N)=O. The van der Waals surface area contributed by atoms with Gasteiger partial charge in [0.05, 0.1) is 12.6 Å². The topological polar surface area (TPSA) is 112 Å². The molecular formula is C20H19F2N5O3. The van der Waals surface area contributed by atoms with Crippen molar-refractivity contribution in [3.8, 4) is 0 Å². The Morgan fingerprint density at radius 3 is 2.83 bits per heavy atom. The van der Waals surface area contributed by atoms with Crippen molar-refractivity contribution in [2.75, 3.05) is 7.11 Å². The summed E-state index contributed by atoms with van der Waals surface area (Å²) in [7, 11) is 1.44. The lowest BCUT2D eigenvalue weighted by Gasteiger charge is -2.31. The highest BCUT2D eigenvalue weighted by molar-refractivity contribution is 6.01. The molecule has 2 amide bonds. The van der Waals surface area contributed by atoms with Crippen LogP contribution in [0.3, 0.4) is 0 Å². The number of primary amides is 1. The number of hydrogen-bond acceptors (Lipinski definition) is 5. The number of alkyl halides is 2. The molecule has 0 spiro atoms. The van der Waals surface area contributed by atoms with Crippen LogP contribution in [0.15, 0.2) is 36.5 Å². The van der Waals surface area contributed by atoms with Gasteiger partial charge in [-0.3, -0.25) is 9.59 Å². The van der Waals surface area contributed by atoms with E-state index in [0.29, 0.717) is 5.56 Å². The van der Waals surface area contributed by atoms with Crippen LogP contribution in [0.25, 0.3) is 5.65 Å². The molecule has 0 saturated heterocycles. The van der Waals surface area contributed by atoms with Crippen molar-refractivity contribution in [3.05, 3.63) is 64.6 Å². The maximum absolute atomic E-state index is 14.2. The number of methoxy groups -OCH3 is 1. The summed E-state index contributed by atoms with van der Waals surface area (Å²) in [6.45, 7) is 0.00771. The highest BCUT2D eigenvalue weighted by Gasteiger charge is 2.40. The van der Waals surface area contributed by atoms with Gasteiger partial charge in [-0.15, -0.1) is 0 Å². The standard InChI is InChI=1S/C20H19F2N5O3/c1-30-10-14-16(17(23)28)18-24-9-7-15(27(18)26-14)19(29)25-13-6-8-20(21,22)12-5-3-2-4-11(12)13/h2-5,7,9,13H,6,8,10H2,1H3,(H2,23,28)(H,25,29)/t13-/m1/s1. The molecule has 0 radical (unpaired) electrons. The van der Waals surface area contributed by atoms with Gasteiger partial charge >= 0.3 is 0 Å². The zero-order valence-electron chi connectivity index (χ0n) is 16.1. The van der Waals surface area contributed by atoms with E-state index in [0.717, 1.165) is 0 Å². The quantitative estimate of drug-likeness (QED) is 0.664. The van der Waals surface area contributed by atoms with Gasteiger partial charge in [0.25, 0.3) is 17.7 Å². The second-order valence-electron chi connectivity index (χ2n) is 7.04. The maximum Gasteiger partial charge on any atom is 0.273 e. The van der Waals surface area contributed by atoms with E-state index >= 15 is 0 Å². The first kappa shape index (κ1) is 19.9. The molecule has 1 aliphatic rings. The van der Waals surface area contributed by atoms with Gasteiger partial charge in [0.15, 0.2) is 5.65 Å². The lowest BCUT2D eigenvalue weighted by atomic mass is 9.85. The van der Waals surface area contributed by atoms with Crippen LogP contribution >= 0.6 is 0 Å². The number of nitrogens with one attached hydrogen (secondary N) is 1. The molecule has 0 unspecified atom stereocenters. The average Bonchev–Trinajstić information content (AvgIpc) is 3.09. The minimum atomic E-state index is -2.94. The van der Waals surface area contributed by atoms with E-state index in [1.165, 1.54) is 30.0 Å². The van der Waals surface area contributed by atoms with Crippen LogP contribution < -0.4 is 11.1 Å². The zero-order chi connectivity index (χ0) is 21.5. The second kappa shape index (κ2) is 7.45. The molecule has 10 heteroatoms. The predicted molar refractivity (Wildman–Crippen MR) is 102 cm³/mol. The van der Waals surface area contributed by atoms with Crippen molar-refractivity contribution in [3.63, 3.8) is 0 Å². The molecule has 30 heavy (non-hydrogen) atoms. The summed E-state index contributed by atoms with van der Waals surface area (Å²) in [5.74, 6) is -4.21. The van der Waals surface area contributed by atoms with E-state index < -0.39 is 23.8 Å². The molecular weight excluding hydrogens is 396 g/mol. The number of aromatic nitrogens is 3. The van der Waals surface area contributed by atoms with Crippen molar-refractivity contribution in [1.82, 2.24) is 19.9 Å². The Balaban J connectivity index is 1.71. The van der Waals surface area contributed by atoms with Gasteiger partial charge in [0.2, 0.25) is 0 Å². The summed E-state index contributed by atoms with van der Waals surface area (Å²) in [5.41, 5.74) is 6.28. The number of nitrogens with two attached hydrogens (primary N) is 1. The van der Waals surface area contributed by atoms with Crippen molar-refractivity contribution in [2.45, 2.75) is 31.4 Å². The van der Waals surface area contributed by atoms with Gasteiger partial charge in [-0.25, -0.2) is 18.3 Å². The van der Waals surface area contributed by atoms with Crippen LogP contribution in [-0.2, 0) is 17.3 Å². The molecule has 156 valence electrons. The van der Waals surface area contributed by atoms with Gasteiger partial charge in [-0.1, -0.05) is 24.3 Å². The molecule has 3 aromatic rings. The monoisotopic (exact) mass is 415 g/mol. The average molecular weight is 415 g/mol. The first-order valence-electron chi connectivity index (χ1n) is 9.27. The number of hydrogen-bond donors (Lipinski definition) is 2. The lowest BCUT2D eigenvalue weighted by Crippen LogP contribution is -2.35. The summed E-state index contributed by atoms with van der Waals surface area (Å²) in [5, 5.41) is 7.06. The predicted octanol–water partition coefficient (Wildman–Crippen LogP) is 2.33. The Hall–Kier alpha value is -3.40. The van der Waals surface area contributed by atoms with Crippen LogP contribution in [-0.4, -0.2) is 33.5 Å². The van der Waals surface area contributed by atoms with Gasteiger partial charge in [-0.05, 0) is 18.1 Å². The van der Waals surface area contributed by atoms with Gasteiger partial charge < -0.3 is 15.8 Å². The third kappa shape index (κ3) is 3.28. The fourth-order valence-electron chi connectivity index (χ4n) is 3.78. The number of ether oxygens (including phenoxy) is 1. The smallest absolute Gasteiger partial charge is 0.273 e. The number of halogens is 2. The van der Waals surface area contributed by atoms with E-state index in [4.69, 9.17) is 10.5 Å². The molecule has 0 fully saturated rings. The molecule has 0 saturated carbocycles. The fraction of sp³-hybridized carbons (Fsp3) is 0.300. The Morgan fingerprint density at radius 1 is 1.33 bits per heavy atom. The van der Waals surface area contributed by atoms with Crippen molar-refractivity contribution in [2.24, 2.45) is 5.73 Å². The summed E-state index contributed by atoms with van der Waals surface area (Å²) >= 11 is 0. The van der Waals surface area contributed by atoms with E-state index in [-0.39, 0.29) is 47.6 Å². The molecule has 3 N–H and O–H groups in total. The molecule has 1 atom stereocenters. The first-order valence-corrected chi connectivity index (χ1v) is 9.27. The van der Waals surface area contributed by atoms with Crippen LogP contribution in [0.2, 0.25) is 0 Å². The number of rotatable bonds is 5. The van der Waals surface area contributed by atoms with E-state index in [9.17, 15) is 18.4 Å². The van der Waals surface area contributed by atoms with Gasteiger partial charge in [0.1, 0.15) is 17.0 Å². The molecule has 4 rings (SSSR count). The molecule has 2 aromatic heterocycles. The fourth-order valence-corrected chi connectivity index (χ4v) is 3.78. The van der Waals surface area contributed by atoms with Crippen LogP contribution in [0.5, 0.6) is 0 Å². The van der Waals surface area contributed by atoms with E-state index in [1.54, 1.807) is 18.2 Å².